The third kappa shape index (κ3) is 2.96. The van der Waals surface area contributed by atoms with Crippen molar-refractivity contribution in [1.29, 1.82) is 0 Å². The molecule has 0 radical (unpaired) electrons. The Hall–Kier alpha value is -1.55. The Labute approximate surface area is 120 Å². The number of aryl methyl sites for hydroxylation is 1. The maximum atomic E-state index is 11.3. The highest BCUT2D eigenvalue weighted by Gasteiger charge is 2.34. The molecular weight excluding hydrogens is 254 g/mol. The van der Waals surface area contributed by atoms with E-state index in [1.165, 1.54) is 11.1 Å². The number of ether oxygens (including phenoxy) is 2. The number of esters is 1. The van der Waals surface area contributed by atoms with Crippen molar-refractivity contribution in [2.45, 2.75) is 45.1 Å². The average molecular weight is 277 g/mol. The summed E-state index contributed by atoms with van der Waals surface area (Å²) in [5, 5.41) is 0. The lowest BCUT2D eigenvalue weighted by atomic mass is 9.69. The number of benzene rings is 1. The standard InChI is InChI=1S/C16H23NO3/c1-4-19-15(18)10-20-12-7-5-11-6-8-14(17)16(2,3)13(11)9-12/h5,7,9,14H,4,6,8,10,17H2,1-3H3/t14-/m0/s1. The van der Waals surface area contributed by atoms with Crippen molar-refractivity contribution in [2.24, 2.45) is 5.73 Å². The van der Waals surface area contributed by atoms with E-state index in [9.17, 15) is 4.79 Å². The lowest BCUT2D eigenvalue weighted by Gasteiger charge is -2.38. The van der Waals surface area contributed by atoms with E-state index in [4.69, 9.17) is 15.2 Å². The lowest BCUT2D eigenvalue weighted by Crippen LogP contribution is -2.44. The summed E-state index contributed by atoms with van der Waals surface area (Å²) in [6.45, 7) is 6.41. The van der Waals surface area contributed by atoms with E-state index >= 15 is 0 Å². The number of rotatable bonds is 4. The maximum absolute atomic E-state index is 11.3. The third-order valence-corrected chi connectivity index (χ3v) is 4.09. The first-order valence-corrected chi connectivity index (χ1v) is 7.12. The highest BCUT2D eigenvalue weighted by molar-refractivity contribution is 5.71. The minimum Gasteiger partial charge on any atom is -0.482 e. The molecule has 0 unspecified atom stereocenters. The molecule has 4 heteroatoms. The molecule has 110 valence electrons. The van der Waals surface area contributed by atoms with Gasteiger partial charge in [-0.15, -0.1) is 0 Å². The monoisotopic (exact) mass is 277 g/mol. The van der Waals surface area contributed by atoms with Crippen LogP contribution in [-0.2, 0) is 21.4 Å². The van der Waals surface area contributed by atoms with Crippen molar-refractivity contribution in [1.82, 2.24) is 0 Å². The van der Waals surface area contributed by atoms with Gasteiger partial charge in [-0.05, 0) is 43.0 Å². The zero-order valence-electron chi connectivity index (χ0n) is 12.4. The first kappa shape index (κ1) is 14.9. The predicted octanol–water partition coefficient (Wildman–Crippen LogP) is 2.18. The summed E-state index contributed by atoms with van der Waals surface area (Å²) in [5.41, 5.74) is 8.69. The topological polar surface area (TPSA) is 61.5 Å². The molecule has 4 nitrogen and oxygen atoms in total. The SMILES string of the molecule is CCOC(=O)COc1ccc2c(c1)C(C)(C)[C@@H](N)CC2. The Morgan fingerprint density at radius 2 is 2.20 bits per heavy atom. The summed E-state index contributed by atoms with van der Waals surface area (Å²) in [6.07, 6.45) is 2.00. The largest absolute Gasteiger partial charge is 0.482 e. The molecule has 0 spiro atoms. The zero-order valence-corrected chi connectivity index (χ0v) is 12.4. The van der Waals surface area contributed by atoms with E-state index in [0.29, 0.717) is 12.4 Å². The van der Waals surface area contributed by atoms with Gasteiger partial charge in [0.15, 0.2) is 6.61 Å². The molecule has 0 saturated heterocycles. The summed E-state index contributed by atoms with van der Waals surface area (Å²) >= 11 is 0. The Bertz CT molecular complexity index is 496. The third-order valence-electron chi connectivity index (χ3n) is 4.09. The van der Waals surface area contributed by atoms with Crippen LogP contribution in [0.5, 0.6) is 5.75 Å². The summed E-state index contributed by atoms with van der Waals surface area (Å²) < 4.78 is 10.3. The summed E-state index contributed by atoms with van der Waals surface area (Å²) in [5.74, 6) is 0.347. The fourth-order valence-corrected chi connectivity index (χ4v) is 2.68. The highest BCUT2D eigenvalue weighted by atomic mass is 16.6. The number of fused-ring (bicyclic) bond motifs is 1. The van der Waals surface area contributed by atoms with Gasteiger partial charge in [0.05, 0.1) is 6.61 Å². The van der Waals surface area contributed by atoms with Crippen LogP contribution in [0.3, 0.4) is 0 Å². The van der Waals surface area contributed by atoms with Crippen LogP contribution in [0.25, 0.3) is 0 Å². The number of hydrogen-bond acceptors (Lipinski definition) is 4. The molecule has 1 atom stereocenters. The van der Waals surface area contributed by atoms with E-state index in [-0.39, 0.29) is 24.0 Å². The second kappa shape index (κ2) is 5.83. The fourth-order valence-electron chi connectivity index (χ4n) is 2.68. The smallest absolute Gasteiger partial charge is 0.344 e. The Kier molecular flexibility index (Phi) is 4.33. The molecule has 0 amide bonds. The van der Waals surface area contributed by atoms with Gasteiger partial charge in [-0.3, -0.25) is 0 Å². The highest BCUT2D eigenvalue weighted by Crippen LogP contribution is 2.37. The van der Waals surface area contributed by atoms with Crippen molar-refractivity contribution >= 4 is 5.97 Å². The van der Waals surface area contributed by atoms with Crippen molar-refractivity contribution < 1.29 is 14.3 Å². The van der Waals surface area contributed by atoms with Crippen LogP contribution < -0.4 is 10.5 Å². The Morgan fingerprint density at radius 3 is 2.90 bits per heavy atom. The molecule has 1 aromatic rings. The molecule has 20 heavy (non-hydrogen) atoms. The van der Waals surface area contributed by atoms with Crippen LogP contribution in [-0.4, -0.2) is 25.2 Å². The van der Waals surface area contributed by atoms with Crippen LogP contribution in [0.15, 0.2) is 18.2 Å². The minimum absolute atomic E-state index is 0.0564. The maximum Gasteiger partial charge on any atom is 0.344 e. The van der Waals surface area contributed by atoms with E-state index in [1.807, 2.05) is 12.1 Å². The molecule has 0 heterocycles. The van der Waals surface area contributed by atoms with Crippen molar-refractivity contribution in [3.05, 3.63) is 29.3 Å². The van der Waals surface area contributed by atoms with Gasteiger partial charge in [0, 0.05) is 11.5 Å². The van der Waals surface area contributed by atoms with Crippen LogP contribution in [0.2, 0.25) is 0 Å². The fraction of sp³-hybridized carbons (Fsp3) is 0.562. The van der Waals surface area contributed by atoms with Gasteiger partial charge in [-0.2, -0.15) is 0 Å². The molecule has 0 aromatic heterocycles. The summed E-state index contributed by atoms with van der Waals surface area (Å²) in [7, 11) is 0. The normalized spacial score (nSPS) is 20.1. The molecule has 1 aromatic carbocycles. The van der Waals surface area contributed by atoms with E-state index in [0.717, 1.165) is 12.8 Å². The van der Waals surface area contributed by atoms with Gasteiger partial charge in [-0.25, -0.2) is 4.79 Å². The molecular formula is C16H23NO3. The predicted molar refractivity (Wildman–Crippen MR) is 77.9 cm³/mol. The first-order valence-electron chi connectivity index (χ1n) is 7.12. The van der Waals surface area contributed by atoms with Gasteiger partial charge >= 0.3 is 5.97 Å². The Balaban J connectivity index is 2.15. The summed E-state index contributed by atoms with van der Waals surface area (Å²) in [4.78, 5) is 11.3. The number of nitrogens with two attached hydrogens (primary N) is 1. The van der Waals surface area contributed by atoms with Gasteiger partial charge < -0.3 is 15.2 Å². The molecule has 1 aliphatic carbocycles. The second-order valence-corrected chi connectivity index (χ2v) is 5.78. The van der Waals surface area contributed by atoms with Crippen LogP contribution in [0.4, 0.5) is 0 Å². The molecule has 0 fully saturated rings. The van der Waals surface area contributed by atoms with E-state index < -0.39 is 0 Å². The molecule has 1 aliphatic rings. The Morgan fingerprint density at radius 1 is 1.45 bits per heavy atom. The van der Waals surface area contributed by atoms with Crippen LogP contribution in [0.1, 0.15) is 38.3 Å². The summed E-state index contributed by atoms with van der Waals surface area (Å²) in [6, 6.07) is 6.14. The minimum atomic E-state index is -0.346. The molecule has 0 bridgehead atoms. The second-order valence-electron chi connectivity index (χ2n) is 5.78. The molecule has 0 aliphatic heterocycles. The van der Waals surface area contributed by atoms with Crippen molar-refractivity contribution in [3.63, 3.8) is 0 Å². The van der Waals surface area contributed by atoms with Crippen LogP contribution >= 0.6 is 0 Å². The number of carbonyl (C=O) groups is 1. The van der Waals surface area contributed by atoms with Crippen LogP contribution in [0, 0.1) is 0 Å². The van der Waals surface area contributed by atoms with E-state index in [2.05, 4.69) is 19.9 Å². The molecule has 2 rings (SSSR count). The van der Waals surface area contributed by atoms with Gasteiger partial charge in [0.1, 0.15) is 5.75 Å². The zero-order chi connectivity index (χ0) is 14.8. The number of carbonyl (C=O) groups excluding carboxylic acids is 1. The van der Waals surface area contributed by atoms with Gasteiger partial charge in [0.2, 0.25) is 0 Å². The lowest BCUT2D eigenvalue weighted by molar-refractivity contribution is -0.145. The molecule has 2 N–H and O–H groups in total. The van der Waals surface area contributed by atoms with Gasteiger partial charge in [0.25, 0.3) is 0 Å². The number of hydrogen-bond donors (Lipinski definition) is 1. The van der Waals surface area contributed by atoms with Crippen molar-refractivity contribution in [3.8, 4) is 5.75 Å². The van der Waals surface area contributed by atoms with Gasteiger partial charge in [-0.1, -0.05) is 19.9 Å². The molecule has 0 saturated carbocycles. The van der Waals surface area contributed by atoms with Crippen molar-refractivity contribution in [2.75, 3.05) is 13.2 Å². The van der Waals surface area contributed by atoms with E-state index in [1.54, 1.807) is 6.92 Å². The first-order chi connectivity index (χ1) is 9.45. The average Bonchev–Trinajstić information content (AvgIpc) is 2.42. The quantitative estimate of drug-likeness (QED) is 0.857.